The van der Waals surface area contributed by atoms with Gasteiger partial charge < -0.3 is 9.84 Å². The Morgan fingerprint density at radius 1 is 1.42 bits per heavy atom. The van der Waals surface area contributed by atoms with E-state index in [-0.39, 0.29) is 11.6 Å². The maximum atomic E-state index is 11.1. The number of hydrogen-bond donors (Lipinski definition) is 1. The van der Waals surface area contributed by atoms with Crippen LogP contribution in [0.4, 0.5) is 5.69 Å². The molecule has 1 rings (SSSR count). The minimum atomic E-state index is -0.939. The molecule has 104 valence electrons. The van der Waals surface area contributed by atoms with Crippen molar-refractivity contribution in [2.45, 2.75) is 24.0 Å². The number of nitro benzene ring substituents is 1. The highest BCUT2D eigenvalue weighted by atomic mass is 32.2. The molecule has 19 heavy (non-hydrogen) atoms. The molecule has 1 N–H and O–H groups in total. The van der Waals surface area contributed by atoms with Crippen LogP contribution in [-0.2, 0) is 4.79 Å². The molecule has 0 fully saturated rings. The molecule has 1 aromatic rings. The van der Waals surface area contributed by atoms with Crippen molar-refractivity contribution in [2.75, 3.05) is 7.11 Å². The second kappa shape index (κ2) is 6.42. The lowest BCUT2D eigenvalue weighted by atomic mass is 10.1. The largest absolute Gasteiger partial charge is 0.496 e. The van der Waals surface area contributed by atoms with Gasteiger partial charge in [0.25, 0.3) is 5.69 Å². The number of carboxylic acid groups (broad SMARTS) is 1. The third-order valence-electron chi connectivity index (χ3n) is 2.42. The predicted molar refractivity (Wildman–Crippen MR) is 71.8 cm³/mol. The number of ether oxygens (including phenoxy) is 1. The summed E-state index contributed by atoms with van der Waals surface area (Å²) in [5, 5.41) is 19.3. The second-order valence-corrected chi connectivity index (χ2v) is 5.46. The molecule has 0 bridgehead atoms. The Balaban J connectivity index is 3.08. The van der Waals surface area contributed by atoms with Crippen molar-refractivity contribution in [3.8, 4) is 5.75 Å². The Labute approximate surface area is 114 Å². The zero-order valence-electron chi connectivity index (χ0n) is 10.8. The quantitative estimate of drug-likeness (QED) is 0.491. The molecule has 1 unspecified atom stereocenters. The number of nitro groups is 1. The minimum Gasteiger partial charge on any atom is -0.496 e. The van der Waals surface area contributed by atoms with Crippen molar-refractivity contribution in [1.82, 2.24) is 0 Å². The normalized spacial score (nSPS) is 12.2. The average molecular weight is 285 g/mol. The Kier molecular flexibility index (Phi) is 5.17. The van der Waals surface area contributed by atoms with Crippen molar-refractivity contribution < 1.29 is 19.6 Å². The fourth-order valence-electron chi connectivity index (χ4n) is 1.47. The highest BCUT2D eigenvalue weighted by molar-refractivity contribution is 8.00. The molecule has 1 aromatic carbocycles. The van der Waals surface area contributed by atoms with Crippen molar-refractivity contribution in [3.63, 3.8) is 0 Å². The minimum absolute atomic E-state index is 0.0900. The molecule has 0 saturated carbocycles. The number of benzene rings is 1. The van der Waals surface area contributed by atoms with Crippen molar-refractivity contribution in [1.29, 1.82) is 0 Å². The lowest BCUT2D eigenvalue weighted by Gasteiger charge is -2.15. The van der Waals surface area contributed by atoms with Crippen LogP contribution in [0.25, 0.3) is 0 Å². The van der Waals surface area contributed by atoms with Crippen LogP contribution in [0.1, 0.15) is 13.8 Å². The zero-order chi connectivity index (χ0) is 14.6. The molecule has 0 heterocycles. The Morgan fingerprint density at radius 2 is 2.05 bits per heavy atom. The van der Waals surface area contributed by atoms with E-state index in [9.17, 15) is 14.9 Å². The lowest BCUT2D eigenvalue weighted by molar-refractivity contribution is -0.385. The van der Waals surface area contributed by atoms with Gasteiger partial charge in [-0.15, -0.1) is 11.8 Å². The Morgan fingerprint density at radius 3 is 2.47 bits per heavy atom. The molecule has 0 aliphatic rings. The van der Waals surface area contributed by atoms with Crippen molar-refractivity contribution in [2.24, 2.45) is 5.92 Å². The predicted octanol–water partition coefficient (Wildman–Crippen LogP) is 2.80. The van der Waals surface area contributed by atoms with Crippen LogP contribution >= 0.6 is 11.8 Å². The van der Waals surface area contributed by atoms with Crippen LogP contribution in [-0.4, -0.2) is 28.4 Å². The standard InChI is InChI=1S/C12H15NO5S/c1-7(2)11(12(14)15)19-10-5-8(13(16)17)4-9(6-10)18-3/h4-7,11H,1-3H3,(H,14,15). The number of carboxylic acids is 1. The summed E-state index contributed by atoms with van der Waals surface area (Å²) in [4.78, 5) is 21.9. The number of carbonyl (C=O) groups is 1. The van der Waals surface area contributed by atoms with E-state index < -0.39 is 16.1 Å². The Hall–Kier alpha value is -1.76. The molecule has 0 aliphatic carbocycles. The van der Waals surface area contributed by atoms with Gasteiger partial charge in [-0.1, -0.05) is 13.8 Å². The lowest BCUT2D eigenvalue weighted by Crippen LogP contribution is -2.22. The highest BCUT2D eigenvalue weighted by Crippen LogP contribution is 2.33. The molecule has 0 aliphatic heterocycles. The van der Waals surface area contributed by atoms with E-state index in [4.69, 9.17) is 9.84 Å². The summed E-state index contributed by atoms with van der Waals surface area (Å²) in [6, 6.07) is 4.25. The van der Waals surface area contributed by atoms with E-state index in [1.165, 1.54) is 19.2 Å². The first-order valence-corrected chi connectivity index (χ1v) is 6.46. The summed E-state index contributed by atoms with van der Waals surface area (Å²) in [5.41, 5.74) is -0.116. The van der Waals surface area contributed by atoms with Crippen LogP contribution in [0.2, 0.25) is 0 Å². The van der Waals surface area contributed by atoms with E-state index >= 15 is 0 Å². The van der Waals surface area contributed by atoms with E-state index in [2.05, 4.69) is 0 Å². The number of non-ortho nitro benzene ring substituents is 1. The first-order chi connectivity index (χ1) is 8.85. The fraction of sp³-hybridized carbons (Fsp3) is 0.417. The fourth-order valence-corrected chi connectivity index (χ4v) is 2.51. The summed E-state index contributed by atoms with van der Waals surface area (Å²) in [6.45, 7) is 3.58. The number of thioether (sulfide) groups is 1. The van der Waals surface area contributed by atoms with E-state index in [0.29, 0.717) is 10.6 Å². The van der Waals surface area contributed by atoms with Crippen molar-refractivity contribution in [3.05, 3.63) is 28.3 Å². The van der Waals surface area contributed by atoms with Gasteiger partial charge in [0.2, 0.25) is 0 Å². The summed E-state index contributed by atoms with van der Waals surface area (Å²) in [6.07, 6.45) is 0. The molecular formula is C12H15NO5S. The second-order valence-electron chi connectivity index (χ2n) is 4.24. The van der Waals surface area contributed by atoms with Gasteiger partial charge >= 0.3 is 5.97 Å². The molecule has 0 aromatic heterocycles. The van der Waals surface area contributed by atoms with Crippen LogP contribution in [0.3, 0.4) is 0 Å². The molecule has 0 amide bonds. The summed E-state index contributed by atoms with van der Waals surface area (Å²) in [7, 11) is 1.41. The highest BCUT2D eigenvalue weighted by Gasteiger charge is 2.24. The van der Waals surface area contributed by atoms with E-state index in [1.54, 1.807) is 19.9 Å². The van der Waals surface area contributed by atoms with Gasteiger partial charge in [-0.2, -0.15) is 0 Å². The van der Waals surface area contributed by atoms with Crippen LogP contribution in [0, 0.1) is 16.0 Å². The van der Waals surface area contributed by atoms with Crippen LogP contribution in [0.15, 0.2) is 23.1 Å². The van der Waals surface area contributed by atoms with Gasteiger partial charge in [-0.25, -0.2) is 0 Å². The topological polar surface area (TPSA) is 89.7 Å². The number of hydrogen-bond acceptors (Lipinski definition) is 5. The van der Waals surface area contributed by atoms with Gasteiger partial charge in [-0.3, -0.25) is 14.9 Å². The third kappa shape index (κ3) is 4.13. The molecule has 1 atom stereocenters. The number of nitrogens with zero attached hydrogens (tertiary/aromatic N) is 1. The summed E-state index contributed by atoms with van der Waals surface area (Å²) >= 11 is 1.08. The van der Waals surface area contributed by atoms with Gasteiger partial charge in [0.1, 0.15) is 11.0 Å². The molecule has 6 nitrogen and oxygen atoms in total. The molecule has 0 radical (unpaired) electrons. The van der Waals surface area contributed by atoms with Crippen LogP contribution in [0.5, 0.6) is 5.75 Å². The van der Waals surface area contributed by atoms with Gasteiger partial charge in [0.05, 0.1) is 18.1 Å². The van der Waals surface area contributed by atoms with E-state index in [0.717, 1.165) is 11.8 Å². The number of aliphatic carboxylic acids is 1. The monoisotopic (exact) mass is 285 g/mol. The summed E-state index contributed by atoms with van der Waals surface area (Å²) < 4.78 is 4.98. The Bertz CT molecular complexity index is 489. The molecule has 7 heteroatoms. The van der Waals surface area contributed by atoms with Gasteiger partial charge in [0, 0.05) is 11.0 Å². The third-order valence-corrected chi connectivity index (χ3v) is 3.93. The molecule has 0 saturated heterocycles. The van der Waals surface area contributed by atoms with Crippen LogP contribution < -0.4 is 4.74 Å². The number of methoxy groups -OCH3 is 1. The maximum Gasteiger partial charge on any atom is 0.317 e. The SMILES string of the molecule is COc1cc(SC(C(=O)O)C(C)C)cc([N+](=O)[O-])c1. The summed E-state index contributed by atoms with van der Waals surface area (Å²) in [5.74, 6) is -0.692. The first-order valence-electron chi connectivity index (χ1n) is 5.58. The average Bonchev–Trinajstić information content (AvgIpc) is 2.34. The first kappa shape index (κ1) is 15.3. The maximum absolute atomic E-state index is 11.1. The zero-order valence-corrected chi connectivity index (χ0v) is 11.6. The smallest absolute Gasteiger partial charge is 0.317 e. The number of rotatable bonds is 6. The van der Waals surface area contributed by atoms with Gasteiger partial charge in [-0.05, 0) is 12.0 Å². The van der Waals surface area contributed by atoms with Crippen molar-refractivity contribution >= 4 is 23.4 Å². The molecular weight excluding hydrogens is 270 g/mol. The van der Waals surface area contributed by atoms with E-state index in [1.807, 2.05) is 0 Å². The molecule has 0 spiro atoms. The van der Waals surface area contributed by atoms with Gasteiger partial charge in [0.15, 0.2) is 0 Å².